The number of nitrogens with zero attached hydrogens (tertiary/aromatic N) is 1. The van der Waals surface area contributed by atoms with Crippen LogP contribution in [0.15, 0.2) is 46.9 Å². The summed E-state index contributed by atoms with van der Waals surface area (Å²) in [5.74, 6) is -0.750. The lowest BCUT2D eigenvalue weighted by Gasteiger charge is -2.36. The second-order valence-electron chi connectivity index (χ2n) is 6.00. The fourth-order valence-electron chi connectivity index (χ4n) is 3.25. The number of amides is 1. The summed E-state index contributed by atoms with van der Waals surface area (Å²) in [6.45, 7) is 3.43. The van der Waals surface area contributed by atoms with Crippen molar-refractivity contribution < 1.29 is 19.1 Å². The van der Waals surface area contributed by atoms with Crippen LogP contribution in [0.5, 0.6) is 0 Å². The number of furan rings is 1. The summed E-state index contributed by atoms with van der Waals surface area (Å²) in [4.78, 5) is 25.1. The van der Waals surface area contributed by atoms with Gasteiger partial charge in [-0.2, -0.15) is 0 Å². The molecule has 0 unspecified atom stereocenters. The molecular formula is C18H19NO4. The van der Waals surface area contributed by atoms with Crippen LogP contribution in [0, 0.1) is 5.92 Å². The molecule has 0 saturated carbocycles. The summed E-state index contributed by atoms with van der Waals surface area (Å²) >= 11 is 0. The highest BCUT2D eigenvalue weighted by atomic mass is 16.4. The summed E-state index contributed by atoms with van der Waals surface area (Å²) in [5, 5.41) is 8.87. The van der Waals surface area contributed by atoms with Crippen molar-refractivity contribution in [3.05, 3.63) is 59.5 Å². The van der Waals surface area contributed by atoms with Crippen molar-refractivity contribution in [1.82, 2.24) is 4.90 Å². The lowest BCUT2D eigenvalue weighted by Crippen LogP contribution is -2.42. The normalized spacial score (nSPS) is 21.2. The Hall–Kier alpha value is -2.56. The lowest BCUT2D eigenvalue weighted by molar-refractivity contribution is 0.0610. The minimum absolute atomic E-state index is 0.0905. The molecule has 0 aliphatic carbocycles. The van der Waals surface area contributed by atoms with Crippen molar-refractivity contribution in [3.63, 3.8) is 0 Å². The monoisotopic (exact) mass is 313 g/mol. The summed E-state index contributed by atoms with van der Waals surface area (Å²) in [5.41, 5.74) is 1.30. The predicted octanol–water partition coefficient (Wildman–Crippen LogP) is 3.24. The van der Waals surface area contributed by atoms with Gasteiger partial charge >= 0.3 is 5.97 Å². The van der Waals surface area contributed by atoms with E-state index in [-0.39, 0.29) is 17.4 Å². The second-order valence-corrected chi connectivity index (χ2v) is 6.00. The van der Waals surface area contributed by atoms with Gasteiger partial charge in [-0.1, -0.05) is 37.3 Å². The number of carboxylic acid groups (broad SMARTS) is 1. The molecule has 23 heavy (non-hydrogen) atoms. The number of piperidine rings is 1. The number of rotatable bonds is 3. The van der Waals surface area contributed by atoms with Crippen LogP contribution in [0.4, 0.5) is 0 Å². The minimum Gasteiger partial charge on any atom is -0.475 e. The number of benzene rings is 1. The van der Waals surface area contributed by atoms with Crippen LogP contribution in [0.3, 0.4) is 0 Å². The third-order valence-electron chi connectivity index (χ3n) is 4.45. The largest absolute Gasteiger partial charge is 0.475 e. The molecule has 0 radical (unpaired) electrons. The van der Waals surface area contributed by atoms with Gasteiger partial charge in [-0.15, -0.1) is 0 Å². The van der Waals surface area contributed by atoms with Crippen LogP contribution >= 0.6 is 0 Å². The van der Waals surface area contributed by atoms with Crippen molar-refractivity contribution in [2.75, 3.05) is 13.1 Å². The van der Waals surface area contributed by atoms with Gasteiger partial charge in [-0.05, 0) is 36.0 Å². The van der Waals surface area contributed by atoms with Crippen LogP contribution in [-0.4, -0.2) is 35.0 Å². The molecule has 1 aliphatic rings. The average Bonchev–Trinajstić information content (AvgIpc) is 3.05. The molecule has 1 amide bonds. The zero-order valence-electron chi connectivity index (χ0n) is 12.9. The fourth-order valence-corrected chi connectivity index (χ4v) is 3.25. The Morgan fingerprint density at radius 3 is 2.43 bits per heavy atom. The second kappa shape index (κ2) is 6.28. The molecule has 0 spiro atoms. The number of hydrogen-bond donors (Lipinski definition) is 1. The molecule has 2 heterocycles. The van der Waals surface area contributed by atoms with Gasteiger partial charge in [0, 0.05) is 13.1 Å². The Kier molecular flexibility index (Phi) is 4.19. The maximum Gasteiger partial charge on any atom is 0.371 e. The van der Waals surface area contributed by atoms with Gasteiger partial charge < -0.3 is 14.4 Å². The average molecular weight is 313 g/mol. The first-order valence-electron chi connectivity index (χ1n) is 7.73. The standard InChI is InChI=1S/C18H19NO4/c1-12-11-19(10-9-14(12)13-5-3-2-4-6-13)17(20)15-7-8-16(23-15)18(21)22/h2-8,12,14H,9-11H2,1H3,(H,21,22)/t12-,14+/m1/s1. The summed E-state index contributed by atoms with van der Waals surface area (Å²) < 4.78 is 5.12. The van der Waals surface area contributed by atoms with Gasteiger partial charge in [0.15, 0.2) is 5.76 Å². The fraction of sp³-hybridized carbons (Fsp3) is 0.333. The smallest absolute Gasteiger partial charge is 0.371 e. The molecule has 1 fully saturated rings. The first-order chi connectivity index (χ1) is 11.1. The Morgan fingerprint density at radius 2 is 1.83 bits per heavy atom. The van der Waals surface area contributed by atoms with E-state index in [0.717, 1.165) is 6.42 Å². The van der Waals surface area contributed by atoms with E-state index < -0.39 is 5.97 Å². The topological polar surface area (TPSA) is 70.8 Å². The van der Waals surface area contributed by atoms with Gasteiger partial charge in [0.05, 0.1) is 0 Å². The van der Waals surface area contributed by atoms with Crippen LogP contribution in [0.2, 0.25) is 0 Å². The van der Waals surface area contributed by atoms with E-state index in [0.29, 0.717) is 24.9 Å². The third-order valence-corrected chi connectivity index (χ3v) is 4.45. The molecule has 1 saturated heterocycles. The van der Waals surface area contributed by atoms with E-state index in [2.05, 4.69) is 19.1 Å². The van der Waals surface area contributed by atoms with Crippen LogP contribution in [0.25, 0.3) is 0 Å². The van der Waals surface area contributed by atoms with E-state index >= 15 is 0 Å². The number of carbonyl (C=O) groups is 2. The van der Waals surface area contributed by atoms with Gasteiger partial charge in [-0.3, -0.25) is 4.79 Å². The Bertz CT molecular complexity index is 707. The Morgan fingerprint density at radius 1 is 1.13 bits per heavy atom. The molecule has 1 aliphatic heterocycles. The Labute approximate surface area is 134 Å². The van der Waals surface area contributed by atoms with Crippen molar-refractivity contribution in [2.45, 2.75) is 19.3 Å². The van der Waals surface area contributed by atoms with Crippen molar-refractivity contribution in [2.24, 2.45) is 5.92 Å². The number of hydrogen-bond acceptors (Lipinski definition) is 3. The van der Waals surface area contributed by atoms with Gasteiger partial charge in [0.2, 0.25) is 5.76 Å². The first-order valence-corrected chi connectivity index (χ1v) is 7.73. The summed E-state index contributed by atoms with van der Waals surface area (Å²) in [7, 11) is 0. The van der Waals surface area contributed by atoms with Gasteiger partial charge in [0.25, 0.3) is 5.91 Å². The molecule has 2 aromatic rings. The van der Waals surface area contributed by atoms with Crippen molar-refractivity contribution in [1.29, 1.82) is 0 Å². The predicted molar refractivity (Wildman–Crippen MR) is 84.5 cm³/mol. The maximum atomic E-state index is 12.5. The summed E-state index contributed by atoms with van der Waals surface area (Å²) in [6, 6.07) is 13.1. The molecule has 0 bridgehead atoms. The first kappa shape index (κ1) is 15.3. The van der Waals surface area contributed by atoms with Crippen LogP contribution in [-0.2, 0) is 0 Å². The quantitative estimate of drug-likeness (QED) is 0.944. The van der Waals surface area contributed by atoms with Crippen LogP contribution in [0.1, 0.15) is 45.9 Å². The SMILES string of the molecule is C[C@@H]1CN(C(=O)c2ccc(C(=O)O)o2)CC[C@@H]1c1ccccc1. The molecule has 1 aromatic heterocycles. The highest BCUT2D eigenvalue weighted by Gasteiger charge is 2.31. The summed E-state index contributed by atoms with van der Waals surface area (Å²) in [6.07, 6.45) is 0.892. The van der Waals surface area contributed by atoms with E-state index in [1.54, 1.807) is 4.90 Å². The molecule has 5 nitrogen and oxygen atoms in total. The van der Waals surface area contributed by atoms with E-state index in [1.807, 2.05) is 18.2 Å². The van der Waals surface area contributed by atoms with E-state index in [9.17, 15) is 9.59 Å². The van der Waals surface area contributed by atoms with Crippen LogP contribution < -0.4 is 0 Å². The van der Waals surface area contributed by atoms with Crippen molar-refractivity contribution >= 4 is 11.9 Å². The zero-order valence-corrected chi connectivity index (χ0v) is 12.9. The zero-order chi connectivity index (χ0) is 16.4. The third kappa shape index (κ3) is 3.13. The number of carbonyl (C=O) groups excluding carboxylic acids is 1. The number of carboxylic acids is 1. The van der Waals surface area contributed by atoms with Gasteiger partial charge in [0.1, 0.15) is 0 Å². The maximum absolute atomic E-state index is 12.5. The highest BCUT2D eigenvalue weighted by Crippen LogP contribution is 2.33. The molecular weight excluding hydrogens is 294 g/mol. The van der Waals surface area contributed by atoms with Crippen molar-refractivity contribution in [3.8, 4) is 0 Å². The molecule has 2 atom stereocenters. The van der Waals surface area contributed by atoms with E-state index in [4.69, 9.17) is 9.52 Å². The molecule has 3 rings (SSSR count). The van der Waals surface area contributed by atoms with Gasteiger partial charge in [-0.25, -0.2) is 4.79 Å². The molecule has 1 aromatic carbocycles. The number of aromatic carboxylic acids is 1. The highest BCUT2D eigenvalue weighted by molar-refractivity contribution is 5.93. The molecule has 1 N–H and O–H groups in total. The lowest BCUT2D eigenvalue weighted by atomic mass is 9.81. The van der Waals surface area contributed by atoms with E-state index in [1.165, 1.54) is 17.7 Å². The number of likely N-dealkylation sites (tertiary alicyclic amines) is 1. The molecule has 120 valence electrons. The Balaban J connectivity index is 1.69. The minimum atomic E-state index is -1.17. The molecule has 5 heteroatoms.